The van der Waals surface area contributed by atoms with Gasteiger partial charge in [-0.25, -0.2) is 0 Å². The lowest BCUT2D eigenvalue weighted by atomic mass is 9.92. The van der Waals surface area contributed by atoms with E-state index in [1.807, 2.05) is 30.3 Å². The summed E-state index contributed by atoms with van der Waals surface area (Å²) in [5.41, 5.74) is 1.01. The maximum Gasteiger partial charge on any atom is 0.138 e. The van der Waals surface area contributed by atoms with Gasteiger partial charge < -0.3 is 29.9 Å². The molecule has 0 amide bonds. The number of benzene rings is 1. The molecule has 6 atom stereocenters. The number of Topliss-reactive ketones (excluding diaryl/α,β-unsaturated/α-hetero) is 2. The normalized spacial score (nSPS) is 17.1. The molecule has 8 nitrogen and oxygen atoms in total. The second-order valence-corrected chi connectivity index (χ2v) is 8.79. The van der Waals surface area contributed by atoms with Gasteiger partial charge in [-0.15, -0.1) is 11.6 Å². The SMILES string of the molecule is CO[C@H](CC(=O)CC[C@H](C)C(=O)C[C@H](O)[C@@H](O)CCOCc1ccccc1)[C@H](Cl)[C@H](O)CO. The molecule has 9 heteroatoms. The molecule has 0 saturated heterocycles. The molecule has 188 valence electrons. The molecule has 0 spiro atoms. The zero-order valence-corrected chi connectivity index (χ0v) is 20.1. The maximum atomic E-state index is 12.4. The molecular weight excluding hydrogens is 452 g/mol. The summed E-state index contributed by atoms with van der Waals surface area (Å²) in [6.45, 7) is 1.78. The van der Waals surface area contributed by atoms with Crippen LogP contribution in [-0.2, 0) is 25.7 Å². The summed E-state index contributed by atoms with van der Waals surface area (Å²) >= 11 is 6.02. The number of aliphatic hydroxyl groups is 4. The monoisotopic (exact) mass is 488 g/mol. The van der Waals surface area contributed by atoms with Gasteiger partial charge in [0.25, 0.3) is 0 Å². The van der Waals surface area contributed by atoms with Crippen LogP contribution in [0.4, 0.5) is 0 Å². The van der Waals surface area contributed by atoms with Gasteiger partial charge in [-0.2, -0.15) is 0 Å². The van der Waals surface area contributed by atoms with Crippen molar-refractivity contribution >= 4 is 23.2 Å². The van der Waals surface area contributed by atoms with Crippen LogP contribution in [0.5, 0.6) is 0 Å². The number of hydrogen-bond acceptors (Lipinski definition) is 8. The van der Waals surface area contributed by atoms with Crippen molar-refractivity contribution in [3.63, 3.8) is 0 Å². The number of halogens is 1. The fraction of sp³-hybridized carbons (Fsp3) is 0.667. The second-order valence-electron chi connectivity index (χ2n) is 8.28. The van der Waals surface area contributed by atoms with Crippen LogP contribution in [0.3, 0.4) is 0 Å². The van der Waals surface area contributed by atoms with Crippen LogP contribution in [0.15, 0.2) is 30.3 Å². The van der Waals surface area contributed by atoms with Crippen molar-refractivity contribution in [2.75, 3.05) is 20.3 Å². The van der Waals surface area contributed by atoms with Gasteiger partial charge in [-0.1, -0.05) is 37.3 Å². The first kappa shape index (κ1) is 29.6. The van der Waals surface area contributed by atoms with E-state index in [1.165, 1.54) is 7.11 Å². The van der Waals surface area contributed by atoms with Crippen LogP contribution in [0.25, 0.3) is 0 Å². The van der Waals surface area contributed by atoms with Gasteiger partial charge in [-0.3, -0.25) is 9.59 Å². The summed E-state index contributed by atoms with van der Waals surface area (Å²) in [7, 11) is 1.36. The highest BCUT2D eigenvalue weighted by molar-refractivity contribution is 6.21. The van der Waals surface area contributed by atoms with Crippen LogP contribution in [0.2, 0.25) is 0 Å². The smallest absolute Gasteiger partial charge is 0.138 e. The zero-order chi connectivity index (χ0) is 24.8. The van der Waals surface area contributed by atoms with Gasteiger partial charge in [0, 0.05) is 38.9 Å². The Morgan fingerprint density at radius 2 is 1.67 bits per heavy atom. The number of ketones is 2. The Kier molecular flexibility index (Phi) is 14.6. The van der Waals surface area contributed by atoms with E-state index < -0.39 is 42.3 Å². The molecule has 0 saturated carbocycles. The van der Waals surface area contributed by atoms with Crippen molar-refractivity contribution in [2.24, 2.45) is 5.92 Å². The first-order valence-corrected chi connectivity index (χ1v) is 11.6. The Bertz CT molecular complexity index is 686. The second kappa shape index (κ2) is 16.3. The number of carbonyl (C=O) groups excluding carboxylic acids is 2. The minimum atomic E-state index is -1.21. The van der Waals surface area contributed by atoms with Gasteiger partial charge >= 0.3 is 0 Å². The van der Waals surface area contributed by atoms with Gasteiger partial charge in [0.1, 0.15) is 11.6 Å². The van der Waals surface area contributed by atoms with Crippen molar-refractivity contribution < 1.29 is 39.5 Å². The molecule has 0 aliphatic heterocycles. The molecule has 0 heterocycles. The van der Waals surface area contributed by atoms with Crippen molar-refractivity contribution in [2.45, 2.75) is 75.4 Å². The third kappa shape index (κ3) is 11.5. The molecule has 4 N–H and O–H groups in total. The van der Waals surface area contributed by atoms with Crippen molar-refractivity contribution in [3.05, 3.63) is 35.9 Å². The summed E-state index contributed by atoms with van der Waals surface area (Å²) in [5.74, 6) is -0.900. The number of aliphatic hydroxyl groups excluding tert-OH is 4. The molecular formula is C24H37ClO8. The minimum Gasteiger partial charge on any atom is -0.394 e. The summed E-state index contributed by atoms with van der Waals surface area (Å²) < 4.78 is 10.6. The predicted octanol–water partition coefficient (Wildman–Crippen LogP) is 1.63. The molecule has 0 aliphatic rings. The summed E-state index contributed by atoms with van der Waals surface area (Å²) in [6.07, 6.45) is -3.91. The molecule has 0 bridgehead atoms. The van der Waals surface area contributed by atoms with Crippen LogP contribution in [0.1, 0.15) is 44.6 Å². The average Bonchev–Trinajstić information content (AvgIpc) is 2.82. The lowest BCUT2D eigenvalue weighted by Crippen LogP contribution is -2.37. The van der Waals surface area contributed by atoms with E-state index in [2.05, 4.69) is 0 Å². The third-order valence-electron chi connectivity index (χ3n) is 5.57. The van der Waals surface area contributed by atoms with E-state index in [9.17, 15) is 24.9 Å². The quantitative estimate of drug-likeness (QED) is 0.181. The fourth-order valence-electron chi connectivity index (χ4n) is 3.24. The Morgan fingerprint density at radius 3 is 2.27 bits per heavy atom. The Hall–Kier alpha value is -1.39. The zero-order valence-electron chi connectivity index (χ0n) is 19.3. The number of methoxy groups -OCH3 is 1. The molecule has 0 fully saturated rings. The molecule has 1 rings (SSSR count). The van der Waals surface area contributed by atoms with Crippen LogP contribution in [0, 0.1) is 5.92 Å². The molecule has 1 aromatic rings. The Labute approximate surface area is 200 Å². The van der Waals surface area contributed by atoms with Crippen molar-refractivity contribution in [1.29, 1.82) is 0 Å². The van der Waals surface area contributed by atoms with E-state index in [-0.39, 0.29) is 50.3 Å². The standard InChI is InChI=1S/C24H37ClO8/c1-16(8-9-18(27)12-23(32-2)24(25)22(31)14-26)20(29)13-21(30)19(28)10-11-33-15-17-6-4-3-5-7-17/h3-7,16,19,21-24,26,28,30-31H,8-15H2,1-2H3/t16-,19-,21-,22+,23+,24+/m0/s1. The summed E-state index contributed by atoms with van der Waals surface area (Å²) in [4.78, 5) is 24.6. The van der Waals surface area contributed by atoms with Crippen LogP contribution < -0.4 is 0 Å². The van der Waals surface area contributed by atoms with E-state index in [4.69, 9.17) is 26.2 Å². The minimum absolute atomic E-state index is 0.0487. The molecule has 0 aliphatic carbocycles. The first-order valence-electron chi connectivity index (χ1n) is 11.2. The van der Waals surface area contributed by atoms with Gasteiger partial charge in [0.15, 0.2) is 0 Å². The topological polar surface area (TPSA) is 134 Å². The molecule has 33 heavy (non-hydrogen) atoms. The summed E-state index contributed by atoms with van der Waals surface area (Å²) in [5, 5.41) is 37.9. The molecule has 0 unspecified atom stereocenters. The van der Waals surface area contributed by atoms with Gasteiger partial charge in [0.05, 0.1) is 43.0 Å². The van der Waals surface area contributed by atoms with Crippen molar-refractivity contribution in [3.8, 4) is 0 Å². The number of hydrogen-bond donors (Lipinski definition) is 4. The van der Waals surface area contributed by atoms with Gasteiger partial charge in [-0.05, 0) is 18.4 Å². The van der Waals surface area contributed by atoms with Crippen LogP contribution >= 0.6 is 11.6 Å². The van der Waals surface area contributed by atoms with E-state index >= 15 is 0 Å². The third-order valence-corrected chi connectivity index (χ3v) is 6.14. The predicted molar refractivity (Wildman–Crippen MR) is 124 cm³/mol. The van der Waals surface area contributed by atoms with Gasteiger partial charge in [0.2, 0.25) is 0 Å². The number of rotatable bonds is 18. The largest absolute Gasteiger partial charge is 0.394 e. The number of carbonyl (C=O) groups is 2. The summed E-state index contributed by atoms with van der Waals surface area (Å²) in [6, 6.07) is 9.58. The van der Waals surface area contributed by atoms with Crippen LogP contribution in [-0.4, -0.2) is 82.1 Å². The first-order chi connectivity index (χ1) is 15.7. The van der Waals surface area contributed by atoms with E-state index in [0.29, 0.717) is 6.61 Å². The fourth-order valence-corrected chi connectivity index (χ4v) is 3.52. The average molecular weight is 489 g/mol. The molecule has 0 radical (unpaired) electrons. The highest BCUT2D eigenvalue weighted by Gasteiger charge is 2.28. The highest BCUT2D eigenvalue weighted by atomic mass is 35.5. The number of ether oxygens (including phenoxy) is 2. The molecule has 0 aromatic heterocycles. The molecule has 1 aromatic carbocycles. The highest BCUT2D eigenvalue weighted by Crippen LogP contribution is 2.19. The number of alkyl halides is 1. The van der Waals surface area contributed by atoms with E-state index in [0.717, 1.165) is 5.56 Å². The van der Waals surface area contributed by atoms with E-state index in [1.54, 1.807) is 6.92 Å². The lowest BCUT2D eigenvalue weighted by Gasteiger charge is -2.23. The Balaban J connectivity index is 2.31. The maximum absolute atomic E-state index is 12.4. The van der Waals surface area contributed by atoms with Crippen molar-refractivity contribution in [1.82, 2.24) is 0 Å². The lowest BCUT2D eigenvalue weighted by molar-refractivity contribution is -0.127. The Morgan fingerprint density at radius 1 is 1.00 bits per heavy atom.